The molecule has 1 aliphatic heterocycles. The lowest BCUT2D eigenvalue weighted by atomic mass is 9.99. The van der Waals surface area contributed by atoms with Crippen LogP contribution in [0.4, 0.5) is 0 Å². The summed E-state index contributed by atoms with van der Waals surface area (Å²) in [6.45, 7) is 7.69. The van der Waals surface area contributed by atoms with Crippen LogP contribution in [-0.2, 0) is 0 Å². The van der Waals surface area contributed by atoms with Crippen molar-refractivity contribution in [3.63, 3.8) is 0 Å². The second-order valence-electron chi connectivity index (χ2n) is 6.24. The Balaban J connectivity index is 2.10. The van der Waals surface area contributed by atoms with Gasteiger partial charge in [0.2, 0.25) is 0 Å². The van der Waals surface area contributed by atoms with Crippen molar-refractivity contribution in [2.24, 2.45) is 5.92 Å². The lowest BCUT2D eigenvalue weighted by molar-refractivity contribution is 0.0682. The maximum atomic E-state index is 12.6. The minimum Gasteiger partial charge on any atom is -0.350 e. The Kier molecular flexibility index (Phi) is 5.52. The van der Waals surface area contributed by atoms with Gasteiger partial charge in [-0.2, -0.15) is 0 Å². The Morgan fingerprint density at radius 3 is 2.82 bits per heavy atom. The van der Waals surface area contributed by atoms with Gasteiger partial charge in [-0.15, -0.1) is 0 Å². The van der Waals surface area contributed by atoms with Crippen molar-refractivity contribution in [2.75, 3.05) is 13.1 Å². The highest BCUT2D eigenvalue weighted by Gasteiger charge is 2.23. The van der Waals surface area contributed by atoms with Crippen molar-refractivity contribution in [3.8, 4) is 0 Å². The fourth-order valence-corrected chi connectivity index (χ4v) is 2.65. The molecule has 1 aromatic heterocycles. The van der Waals surface area contributed by atoms with E-state index in [2.05, 4.69) is 17.2 Å². The predicted octanol–water partition coefficient (Wildman–Crippen LogP) is 2.48. The molecule has 1 N–H and O–H groups in total. The first-order valence-corrected chi connectivity index (χ1v) is 8.06. The summed E-state index contributed by atoms with van der Waals surface area (Å²) in [7, 11) is 0. The Morgan fingerprint density at radius 1 is 1.41 bits per heavy atom. The molecule has 2 rings (SSSR count). The summed E-state index contributed by atoms with van der Waals surface area (Å²) in [5.41, 5.74) is 0.933. The molecule has 5 nitrogen and oxygen atoms in total. The topological polar surface area (TPSA) is 62.3 Å². The molecule has 0 bridgehead atoms. The molecule has 2 heterocycles. The molecule has 1 aromatic rings. The highest BCUT2D eigenvalue weighted by atomic mass is 16.2. The largest absolute Gasteiger partial charge is 0.350 e. The van der Waals surface area contributed by atoms with Crippen LogP contribution in [0.25, 0.3) is 0 Å². The minimum absolute atomic E-state index is 0.0303. The van der Waals surface area contributed by atoms with Crippen molar-refractivity contribution in [3.05, 3.63) is 29.6 Å². The van der Waals surface area contributed by atoms with E-state index in [9.17, 15) is 9.59 Å². The number of piperidine rings is 1. The van der Waals surface area contributed by atoms with E-state index < -0.39 is 0 Å². The molecule has 5 heteroatoms. The van der Waals surface area contributed by atoms with Crippen LogP contribution in [0.5, 0.6) is 0 Å². The molecule has 0 aliphatic carbocycles. The van der Waals surface area contributed by atoms with Gasteiger partial charge in [0, 0.05) is 31.5 Å². The van der Waals surface area contributed by atoms with Gasteiger partial charge < -0.3 is 10.2 Å². The number of amides is 2. The van der Waals surface area contributed by atoms with Crippen molar-refractivity contribution in [2.45, 2.75) is 46.1 Å². The number of aromatic nitrogens is 1. The zero-order valence-electron chi connectivity index (χ0n) is 13.6. The summed E-state index contributed by atoms with van der Waals surface area (Å²) in [4.78, 5) is 30.6. The maximum absolute atomic E-state index is 12.6. The molecule has 1 aliphatic rings. The van der Waals surface area contributed by atoms with Crippen LogP contribution >= 0.6 is 0 Å². The normalized spacial score (nSPS) is 19.6. The van der Waals surface area contributed by atoms with Gasteiger partial charge in [-0.3, -0.25) is 14.6 Å². The summed E-state index contributed by atoms with van der Waals surface area (Å²) < 4.78 is 0. The van der Waals surface area contributed by atoms with Gasteiger partial charge in [-0.1, -0.05) is 13.8 Å². The Bertz CT molecular complexity index is 544. The summed E-state index contributed by atoms with van der Waals surface area (Å²) in [6, 6.07) is 1.75. The monoisotopic (exact) mass is 303 g/mol. The van der Waals surface area contributed by atoms with E-state index >= 15 is 0 Å². The molecule has 120 valence electrons. The molecule has 2 unspecified atom stereocenters. The molecule has 2 atom stereocenters. The second-order valence-corrected chi connectivity index (χ2v) is 6.24. The summed E-state index contributed by atoms with van der Waals surface area (Å²) >= 11 is 0. The third-order valence-electron chi connectivity index (χ3n) is 4.18. The first-order valence-electron chi connectivity index (χ1n) is 8.06. The molecule has 1 saturated heterocycles. The van der Waals surface area contributed by atoms with Gasteiger partial charge in [-0.25, -0.2) is 0 Å². The highest BCUT2D eigenvalue weighted by molar-refractivity contribution is 5.99. The molecular weight excluding hydrogens is 278 g/mol. The van der Waals surface area contributed by atoms with E-state index in [4.69, 9.17) is 0 Å². The van der Waals surface area contributed by atoms with Crippen LogP contribution in [0.3, 0.4) is 0 Å². The summed E-state index contributed by atoms with van der Waals surface area (Å²) in [5.74, 6) is 0.322. The zero-order valence-corrected chi connectivity index (χ0v) is 13.6. The Hall–Kier alpha value is -1.91. The lowest BCUT2D eigenvalue weighted by Crippen LogP contribution is -2.39. The fourth-order valence-electron chi connectivity index (χ4n) is 2.65. The van der Waals surface area contributed by atoms with Crippen LogP contribution in [0.15, 0.2) is 18.5 Å². The number of rotatable bonds is 4. The van der Waals surface area contributed by atoms with Crippen molar-refractivity contribution in [1.29, 1.82) is 0 Å². The number of pyridine rings is 1. The number of likely N-dealkylation sites (tertiary alicyclic amines) is 1. The smallest absolute Gasteiger partial charge is 0.255 e. The average Bonchev–Trinajstić information content (AvgIpc) is 2.54. The minimum atomic E-state index is -0.177. The van der Waals surface area contributed by atoms with Crippen molar-refractivity contribution in [1.82, 2.24) is 15.2 Å². The predicted molar refractivity (Wildman–Crippen MR) is 85.8 cm³/mol. The standard InChI is InChI=1S/C17H25N3O2/c1-4-13(3)19-16(21)14-8-15(10-18-9-14)17(22)20-7-5-6-12(2)11-20/h8-10,12-13H,4-7,11H2,1-3H3,(H,19,21). The molecule has 0 radical (unpaired) electrons. The van der Waals surface area contributed by atoms with Crippen molar-refractivity contribution >= 4 is 11.8 Å². The van der Waals surface area contributed by atoms with Gasteiger partial charge in [-0.05, 0) is 38.2 Å². The maximum Gasteiger partial charge on any atom is 0.255 e. The number of carbonyl (C=O) groups excluding carboxylic acids is 2. The Morgan fingerprint density at radius 2 is 2.14 bits per heavy atom. The van der Waals surface area contributed by atoms with Crippen LogP contribution < -0.4 is 5.32 Å². The molecule has 22 heavy (non-hydrogen) atoms. The van der Waals surface area contributed by atoms with Gasteiger partial charge in [0.25, 0.3) is 11.8 Å². The highest BCUT2D eigenvalue weighted by Crippen LogP contribution is 2.18. The van der Waals surface area contributed by atoms with Crippen LogP contribution in [0, 0.1) is 5.92 Å². The summed E-state index contributed by atoms with van der Waals surface area (Å²) in [6.07, 6.45) is 6.12. The van der Waals surface area contributed by atoms with E-state index in [1.807, 2.05) is 18.7 Å². The summed E-state index contributed by atoms with van der Waals surface area (Å²) in [5, 5.41) is 2.89. The van der Waals surface area contributed by atoms with E-state index in [0.29, 0.717) is 17.0 Å². The molecule has 2 amide bonds. The molecule has 1 fully saturated rings. The zero-order chi connectivity index (χ0) is 16.1. The van der Waals surface area contributed by atoms with Gasteiger partial charge in [0.05, 0.1) is 11.1 Å². The molecule has 0 spiro atoms. The molecule has 0 saturated carbocycles. The lowest BCUT2D eigenvalue weighted by Gasteiger charge is -2.31. The number of carbonyl (C=O) groups is 2. The first kappa shape index (κ1) is 16.5. The number of hydrogen-bond acceptors (Lipinski definition) is 3. The quantitative estimate of drug-likeness (QED) is 0.929. The van der Waals surface area contributed by atoms with E-state index in [1.54, 1.807) is 12.3 Å². The SMILES string of the molecule is CCC(C)NC(=O)c1cncc(C(=O)N2CCCC(C)C2)c1. The number of hydrogen-bond donors (Lipinski definition) is 1. The second kappa shape index (κ2) is 7.38. The third-order valence-corrected chi connectivity index (χ3v) is 4.18. The van der Waals surface area contributed by atoms with E-state index in [0.717, 1.165) is 25.9 Å². The third kappa shape index (κ3) is 4.06. The number of nitrogens with zero attached hydrogens (tertiary/aromatic N) is 2. The van der Waals surface area contributed by atoms with E-state index in [-0.39, 0.29) is 17.9 Å². The van der Waals surface area contributed by atoms with Gasteiger partial charge in [0.15, 0.2) is 0 Å². The first-order chi connectivity index (χ1) is 10.5. The van der Waals surface area contributed by atoms with Crippen LogP contribution in [0.2, 0.25) is 0 Å². The number of nitrogens with one attached hydrogen (secondary N) is 1. The van der Waals surface area contributed by atoms with Crippen molar-refractivity contribution < 1.29 is 9.59 Å². The average molecular weight is 303 g/mol. The van der Waals surface area contributed by atoms with Gasteiger partial charge >= 0.3 is 0 Å². The fraction of sp³-hybridized carbons (Fsp3) is 0.588. The van der Waals surface area contributed by atoms with Gasteiger partial charge in [0.1, 0.15) is 0 Å². The van der Waals surface area contributed by atoms with Crippen LogP contribution in [0.1, 0.15) is 60.7 Å². The molecule has 0 aromatic carbocycles. The Labute approximate surface area is 132 Å². The van der Waals surface area contributed by atoms with Crippen LogP contribution in [-0.4, -0.2) is 40.8 Å². The van der Waals surface area contributed by atoms with E-state index in [1.165, 1.54) is 12.6 Å². The molecular formula is C17H25N3O2.